The largest absolute Gasteiger partial charge is 0.398 e. The maximum atomic E-state index is 13.5. The number of fused-ring (bicyclic) bond motifs is 1. The smallest absolute Gasteiger partial charge is 0.257 e. The van der Waals surface area contributed by atoms with Crippen molar-refractivity contribution < 1.29 is 9.59 Å². The van der Waals surface area contributed by atoms with Gasteiger partial charge in [0.1, 0.15) is 5.52 Å². The summed E-state index contributed by atoms with van der Waals surface area (Å²) in [4.78, 5) is 33.9. The second kappa shape index (κ2) is 11.6. The number of aromatic nitrogens is 2. The minimum atomic E-state index is -0.278. The molecule has 10 nitrogen and oxygen atoms in total. The zero-order valence-corrected chi connectivity index (χ0v) is 22.9. The highest BCUT2D eigenvalue weighted by atomic mass is 16.2. The number of rotatable bonds is 8. The van der Waals surface area contributed by atoms with Gasteiger partial charge >= 0.3 is 0 Å². The second-order valence-corrected chi connectivity index (χ2v) is 9.96. The minimum Gasteiger partial charge on any atom is -0.398 e. The van der Waals surface area contributed by atoms with Gasteiger partial charge in [0.2, 0.25) is 5.91 Å². The van der Waals surface area contributed by atoms with E-state index in [-0.39, 0.29) is 18.2 Å². The lowest BCUT2D eigenvalue weighted by atomic mass is 10.0. The van der Waals surface area contributed by atoms with Crippen LogP contribution in [0, 0.1) is 0 Å². The van der Waals surface area contributed by atoms with E-state index in [1.165, 1.54) is 4.90 Å². The van der Waals surface area contributed by atoms with Gasteiger partial charge in [-0.1, -0.05) is 6.92 Å². The van der Waals surface area contributed by atoms with Gasteiger partial charge in [0, 0.05) is 87.7 Å². The molecule has 10 heteroatoms. The van der Waals surface area contributed by atoms with Crippen LogP contribution in [0.5, 0.6) is 0 Å². The molecule has 0 bridgehead atoms. The number of carbonyl (C=O) groups excluding carboxylic acids is 2. The Morgan fingerprint density at radius 1 is 1.24 bits per heavy atom. The maximum absolute atomic E-state index is 13.5. The molecule has 0 aliphatic carbocycles. The highest BCUT2D eigenvalue weighted by Crippen LogP contribution is 2.32. The highest BCUT2D eigenvalue weighted by molar-refractivity contribution is 6.14. The standard InChI is InChI=1S/C28H38N8O2/c1-6-31-20-9-11-36(12-10-20)24-8-7-22(27-23(24)17-35(5)33-27)28(38)32-21-13-18(15-25(37)34(3)4)26(29)19(14-21)16-30-2/h7-8,13-14,16-17,20,31H,6,9-12,15,29H2,1-5H3,(H,32,38). The number of nitrogens with two attached hydrogens (primary N) is 1. The van der Waals surface area contributed by atoms with Gasteiger partial charge in [0.05, 0.1) is 12.0 Å². The molecular formula is C28H38N8O2. The van der Waals surface area contributed by atoms with E-state index < -0.39 is 0 Å². The first kappa shape index (κ1) is 27.1. The van der Waals surface area contributed by atoms with Crippen LogP contribution in [-0.4, -0.2) is 79.5 Å². The molecule has 1 aliphatic heterocycles. The fourth-order valence-electron chi connectivity index (χ4n) is 5.00. The Hall–Kier alpha value is -3.92. The first-order chi connectivity index (χ1) is 18.2. The van der Waals surface area contributed by atoms with Gasteiger partial charge in [-0.2, -0.15) is 5.10 Å². The number of hydrogen-bond acceptors (Lipinski definition) is 7. The number of anilines is 3. The van der Waals surface area contributed by atoms with E-state index in [4.69, 9.17) is 5.73 Å². The summed E-state index contributed by atoms with van der Waals surface area (Å²) < 4.78 is 1.75. The fraction of sp³-hybridized carbons (Fsp3) is 0.429. The monoisotopic (exact) mass is 518 g/mol. The van der Waals surface area contributed by atoms with Gasteiger partial charge < -0.3 is 26.2 Å². The van der Waals surface area contributed by atoms with Gasteiger partial charge in [0.15, 0.2) is 0 Å². The summed E-state index contributed by atoms with van der Waals surface area (Å²) in [6.45, 7) is 5.03. The quantitative estimate of drug-likeness (QED) is 0.311. The van der Waals surface area contributed by atoms with Crippen molar-refractivity contribution in [2.45, 2.75) is 32.2 Å². The summed E-state index contributed by atoms with van der Waals surface area (Å²) in [5.74, 6) is -0.361. The van der Waals surface area contributed by atoms with Gasteiger partial charge in [-0.05, 0) is 49.2 Å². The molecule has 38 heavy (non-hydrogen) atoms. The Bertz CT molecular complexity index is 1350. The molecule has 4 N–H and O–H groups in total. The van der Waals surface area contributed by atoms with E-state index in [9.17, 15) is 9.59 Å². The van der Waals surface area contributed by atoms with Crippen molar-refractivity contribution in [3.05, 3.63) is 47.2 Å². The molecule has 0 radical (unpaired) electrons. The minimum absolute atomic E-state index is 0.0835. The third kappa shape index (κ3) is 5.80. The van der Waals surface area contributed by atoms with Crippen LogP contribution in [0.3, 0.4) is 0 Å². The Labute approximate surface area is 223 Å². The van der Waals surface area contributed by atoms with Crippen LogP contribution in [-0.2, 0) is 18.3 Å². The molecule has 2 amide bonds. The van der Waals surface area contributed by atoms with Crippen LogP contribution in [0.1, 0.15) is 41.3 Å². The topological polar surface area (TPSA) is 121 Å². The molecule has 1 aliphatic rings. The van der Waals surface area contributed by atoms with Crippen LogP contribution < -0.4 is 21.3 Å². The number of nitrogens with one attached hydrogen (secondary N) is 2. The summed E-state index contributed by atoms with van der Waals surface area (Å²) in [6, 6.07) is 7.93. The number of aliphatic imine (C=N–C) groups is 1. The summed E-state index contributed by atoms with van der Waals surface area (Å²) in [7, 11) is 6.92. The number of aryl methyl sites for hydroxylation is 1. The normalized spacial score (nSPS) is 14.4. The van der Waals surface area contributed by atoms with E-state index in [1.54, 1.807) is 44.2 Å². The van der Waals surface area contributed by atoms with E-state index in [2.05, 4.69) is 32.5 Å². The number of hydrogen-bond donors (Lipinski definition) is 3. The summed E-state index contributed by atoms with van der Waals surface area (Å²) in [5, 5.41) is 12.1. The number of benzene rings is 2. The van der Waals surface area contributed by atoms with Gasteiger partial charge in [0.25, 0.3) is 5.91 Å². The highest BCUT2D eigenvalue weighted by Gasteiger charge is 2.23. The molecule has 0 atom stereocenters. The molecule has 1 fully saturated rings. The van der Waals surface area contributed by atoms with Crippen molar-refractivity contribution in [3.8, 4) is 0 Å². The molecule has 3 aromatic rings. The zero-order chi connectivity index (χ0) is 27.4. The van der Waals surface area contributed by atoms with E-state index in [1.807, 2.05) is 25.4 Å². The van der Waals surface area contributed by atoms with Crippen molar-refractivity contribution in [3.63, 3.8) is 0 Å². The molecular weight excluding hydrogens is 480 g/mol. The van der Waals surface area contributed by atoms with Gasteiger partial charge in [-0.15, -0.1) is 0 Å². The van der Waals surface area contributed by atoms with Crippen molar-refractivity contribution in [1.29, 1.82) is 0 Å². The maximum Gasteiger partial charge on any atom is 0.257 e. The number of carbonyl (C=O) groups is 2. The summed E-state index contributed by atoms with van der Waals surface area (Å²) >= 11 is 0. The third-order valence-corrected chi connectivity index (χ3v) is 7.01. The molecule has 0 saturated carbocycles. The predicted molar refractivity (Wildman–Crippen MR) is 154 cm³/mol. The number of likely N-dealkylation sites (N-methyl/N-ethyl adjacent to an activating group) is 1. The van der Waals surface area contributed by atoms with Crippen LogP contribution >= 0.6 is 0 Å². The predicted octanol–water partition coefficient (Wildman–Crippen LogP) is 2.67. The van der Waals surface area contributed by atoms with Gasteiger partial charge in [-0.25, -0.2) is 0 Å². The van der Waals surface area contributed by atoms with Crippen LogP contribution in [0.2, 0.25) is 0 Å². The molecule has 1 saturated heterocycles. The number of amides is 2. The fourth-order valence-corrected chi connectivity index (χ4v) is 5.00. The average Bonchev–Trinajstić information content (AvgIpc) is 3.28. The molecule has 1 aromatic heterocycles. The van der Waals surface area contributed by atoms with Crippen LogP contribution in [0.4, 0.5) is 17.1 Å². The molecule has 4 rings (SSSR count). The lowest BCUT2D eigenvalue weighted by molar-refractivity contribution is -0.127. The third-order valence-electron chi connectivity index (χ3n) is 7.01. The van der Waals surface area contributed by atoms with E-state index >= 15 is 0 Å². The van der Waals surface area contributed by atoms with Crippen LogP contribution in [0.25, 0.3) is 10.9 Å². The lowest BCUT2D eigenvalue weighted by Gasteiger charge is -2.34. The first-order valence-electron chi connectivity index (χ1n) is 13.0. The molecule has 202 valence electrons. The van der Waals surface area contributed by atoms with Gasteiger partial charge in [-0.3, -0.25) is 19.3 Å². The number of nitrogen functional groups attached to an aromatic ring is 1. The molecule has 2 aromatic carbocycles. The first-order valence-corrected chi connectivity index (χ1v) is 13.0. The summed E-state index contributed by atoms with van der Waals surface area (Å²) in [6.07, 6.45) is 5.88. The van der Waals surface area contributed by atoms with Crippen molar-refractivity contribution >= 4 is 46.0 Å². The zero-order valence-electron chi connectivity index (χ0n) is 22.9. The van der Waals surface area contributed by atoms with Crippen molar-refractivity contribution in [2.75, 3.05) is 56.7 Å². The second-order valence-electron chi connectivity index (χ2n) is 9.96. The van der Waals surface area contributed by atoms with E-state index in [0.29, 0.717) is 39.6 Å². The molecule has 0 spiro atoms. The number of piperidine rings is 1. The Morgan fingerprint density at radius 2 is 1.97 bits per heavy atom. The average molecular weight is 519 g/mol. The SMILES string of the molecule is CCNC1CCN(c2ccc(C(=O)Nc3cc(C=NC)c(N)c(CC(=O)N(C)C)c3)c3nn(C)cc23)CC1. The van der Waals surface area contributed by atoms with Crippen LogP contribution in [0.15, 0.2) is 35.5 Å². The van der Waals surface area contributed by atoms with E-state index in [0.717, 1.165) is 43.5 Å². The Morgan fingerprint density at radius 3 is 2.63 bits per heavy atom. The Kier molecular flexibility index (Phi) is 8.31. The summed E-state index contributed by atoms with van der Waals surface area (Å²) in [5.41, 5.74) is 10.9. The molecule has 2 heterocycles. The molecule has 0 unspecified atom stereocenters. The Balaban J connectivity index is 1.63. The van der Waals surface area contributed by atoms with Crippen molar-refractivity contribution in [1.82, 2.24) is 20.0 Å². The lowest BCUT2D eigenvalue weighted by Crippen LogP contribution is -2.42. The van der Waals surface area contributed by atoms with Crippen molar-refractivity contribution in [2.24, 2.45) is 12.0 Å². The number of nitrogens with zero attached hydrogens (tertiary/aromatic N) is 5.